The summed E-state index contributed by atoms with van der Waals surface area (Å²) in [7, 11) is 0. The topological polar surface area (TPSA) is 120 Å². The number of ketones is 1. The summed E-state index contributed by atoms with van der Waals surface area (Å²) in [6.07, 6.45) is -3.34. The zero-order valence-corrected chi connectivity index (χ0v) is 14.7. The Morgan fingerprint density at radius 3 is 2.52 bits per heavy atom. The first-order valence-corrected chi connectivity index (χ1v) is 7.97. The van der Waals surface area contributed by atoms with Crippen molar-refractivity contribution in [2.75, 3.05) is 6.54 Å². The molecule has 0 bridgehead atoms. The molecular weight excluding hydrogens is 324 g/mol. The van der Waals surface area contributed by atoms with E-state index >= 15 is 0 Å². The maximum absolute atomic E-state index is 11.9. The summed E-state index contributed by atoms with van der Waals surface area (Å²) in [5.41, 5.74) is -0.161. The molecule has 7 heteroatoms. The van der Waals surface area contributed by atoms with Crippen molar-refractivity contribution in [1.29, 1.82) is 5.26 Å². The van der Waals surface area contributed by atoms with Crippen LogP contribution in [0.15, 0.2) is 24.3 Å². The van der Waals surface area contributed by atoms with Crippen molar-refractivity contribution in [3.05, 3.63) is 35.4 Å². The molecule has 0 aromatic heterocycles. The highest BCUT2D eigenvalue weighted by Crippen LogP contribution is 2.23. The van der Waals surface area contributed by atoms with Crippen LogP contribution in [0.4, 0.5) is 4.79 Å². The smallest absolute Gasteiger partial charge is 0.407 e. The predicted molar refractivity (Wildman–Crippen MR) is 90.8 cm³/mol. The summed E-state index contributed by atoms with van der Waals surface area (Å²) in [6.45, 7) is 5.31. The van der Waals surface area contributed by atoms with Gasteiger partial charge in [-0.25, -0.2) is 4.79 Å². The summed E-state index contributed by atoms with van der Waals surface area (Å²) in [5.74, 6) is -0.420. The molecule has 0 aliphatic heterocycles. The van der Waals surface area contributed by atoms with Crippen LogP contribution in [0.1, 0.15) is 55.6 Å². The van der Waals surface area contributed by atoms with Crippen LogP contribution in [-0.4, -0.2) is 40.3 Å². The number of nitrogens with zero attached hydrogens (tertiary/aromatic N) is 1. The summed E-state index contributed by atoms with van der Waals surface area (Å²) in [6, 6.07) is 8.06. The monoisotopic (exact) mass is 348 g/mol. The molecule has 3 N–H and O–H groups in total. The normalized spacial score (nSPS) is 13.4. The molecule has 7 nitrogen and oxygen atoms in total. The number of amides is 1. The van der Waals surface area contributed by atoms with Gasteiger partial charge in [-0.3, -0.25) is 4.79 Å². The number of hydrogen-bond acceptors (Lipinski definition) is 6. The molecule has 0 saturated heterocycles. The third kappa shape index (κ3) is 6.91. The van der Waals surface area contributed by atoms with E-state index in [2.05, 4.69) is 5.32 Å². The van der Waals surface area contributed by atoms with Crippen LogP contribution in [0.5, 0.6) is 0 Å². The Balaban J connectivity index is 2.66. The van der Waals surface area contributed by atoms with Crippen LogP contribution in [0.3, 0.4) is 0 Å². The molecule has 1 amide bonds. The number of Topliss-reactive ketones (excluding diaryl/α,β-unsaturated/α-hetero) is 1. The maximum atomic E-state index is 11.9. The van der Waals surface area contributed by atoms with Gasteiger partial charge < -0.3 is 20.3 Å². The molecule has 136 valence electrons. The lowest BCUT2D eigenvalue weighted by Crippen LogP contribution is -2.34. The molecule has 25 heavy (non-hydrogen) atoms. The molecule has 1 rings (SSSR count). The van der Waals surface area contributed by atoms with Crippen molar-refractivity contribution in [3.8, 4) is 6.07 Å². The van der Waals surface area contributed by atoms with E-state index in [-0.39, 0.29) is 30.5 Å². The minimum absolute atomic E-state index is 0.0706. The number of ether oxygens (including phenoxy) is 1. The zero-order chi connectivity index (χ0) is 19.0. The van der Waals surface area contributed by atoms with E-state index in [9.17, 15) is 19.8 Å². The number of alkyl carbamates (subject to hydrolysis) is 1. The lowest BCUT2D eigenvalue weighted by Gasteiger charge is -2.22. The van der Waals surface area contributed by atoms with E-state index in [4.69, 9.17) is 10.00 Å². The van der Waals surface area contributed by atoms with E-state index < -0.39 is 29.7 Å². The molecule has 2 atom stereocenters. The Kier molecular flexibility index (Phi) is 7.55. The van der Waals surface area contributed by atoms with Gasteiger partial charge in [-0.15, -0.1) is 0 Å². The Morgan fingerprint density at radius 1 is 1.28 bits per heavy atom. The van der Waals surface area contributed by atoms with Crippen LogP contribution in [0, 0.1) is 11.3 Å². The van der Waals surface area contributed by atoms with Crippen molar-refractivity contribution >= 4 is 11.9 Å². The van der Waals surface area contributed by atoms with Crippen molar-refractivity contribution in [1.82, 2.24) is 5.32 Å². The number of carbonyl (C=O) groups is 2. The van der Waals surface area contributed by atoms with Crippen molar-refractivity contribution in [2.45, 2.75) is 51.4 Å². The number of rotatable bonds is 7. The van der Waals surface area contributed by atoms with Crippen molar-refractivity contribution in [3.63, 3.8) is 0 Å². The lowest BCUT2D eigenvalue weighted by molar-refractivity contribution is 0.0119. The Morgan fingerprint density at radius 2 is 1.92 bits per heavy atom. The van der Waals surface area contributed by atoms with Gasteiger partial charge in [-0.1, -0.05) is 24.3 Å². The number of benzene rings is 1. The average molecular weight is 348 g/mol. The van der Waals surface area contributed by atoms with Gasteiger partial charge in [0.2, 0.25) is 0 Å². The molecule has 0 radical (unpaired) electrons. The minimum Gasteiger partial charge on any atom is -0.444 e. The highest BCUT2D eigenvalue weighted by molar-refractivity contribution is 5.98. The largest absolute Gasteiger partial charge is 0.444 e. The van der Waals surface area contributed by atoms with E-state index in [1.165, 1.54) is 12.1 Å². The van der Waals surface area contributed by atoms with E-state index in [1.54, 1.807) is 39.0 Å². The van der Waals surface area contributed by atoms with Gasteiger partial charge in [-0.2, -0.15) is 5.26 Å². The molecule has 1 aromatic rings. The highest BCUT2D eigenvalue weighted by Gasteiger charge is 2.23. The third-order valence-electron chi connectivity index (χ3n) is 3.29. The van der Waals surface area contributed by atoms with E-state index in [1.807, 2.05) is 0 Å². The van der Waals surface area contributed by atoms with Gasteiger partial charge in [0.1, 0.15) is 11.7 Å². The molecule has 0 saturated carbocycles. The standard InChI is InChI=1S/C18H24N2O5/c1-18(2,3)25-17(24)20-11-9-15(22)16(23)13-7-5-4-6-12(13)14(21)8-10-19/h4-7,15-16,22-23H,8-9,11H2,1-3H3,(H,20,24). The molecule has 1 aromatic carbocycles. The van der Waals surface area contributed by atoms with Gasteiger partial charge in [0.05, 0.1) is 18.6 Å². The van der Waals surface area contributed by atoms with Gasteiger partial charge in [0, 0.05) is 12.1 Å². The Bertz CT molecular complexity index is 646. The summed E-state index contributed by atoms with van der Waals surface area (Å²) in [5, 5.41) is 31.6. The summed E-state index contributed by atoms with van der Waals surface area (Å²) in [4.78, 5) is 23.5. The molecule has 0 fully saturated rings. The molecule has 0 spiro atoms. The number of carbonyl (C=O) groups excluding carboxylic acids is 2. The summed E-state index contributed by atoms with van der Waals surface area (Å²) >= 11 is 0. The predicted octanol–water partition coefficient (Wildman–Crippen LogP) is 2.09. The van der Waals surface area contributed by atoms with Crippen LogP contribution >= 0.6 is 0 Å². The fraction of sp³-hybridized carbons (Fsp3) is 0.500. The lowest BCUT2D eigenvalue weighted by atomic mass is 9.94. The zero-order valence-electron chi connectivity index (χ0n) is 14.7. The van der Waals surface area contributed by atoms with E-state index in [0.717, 1.165) is 0 Å². The highest BCUT2D eigenvalue weighted by atomic mass is 16.6. The second-order valence-electron chi connectivity index (χ2n) is 6.57. The number of aliphatic hydroxyl groups is 2. The fourth-order valence-corrected chi connectivity index (χ4v) is 2.18. The molecule has 0 aliphatic carbocycles. The van der Waals surface area contributed by atoms with Gasteiger partial charge in [0.15, 0.2) is 5.78 Å². The van der Waals surface area contributed by atoms with E-state index in [0.29, 0.717) is 0 Å². The van der Waals surface area contributed by atoms with Crippen LogP contribution in [-0.2, 0) is 4.74 Å². The fourth-order valence-electron chi connectivity index (χ4n) is 2.18. The second kappa shape index (κ2) is 9.16. The SMILES string of the molecule is CC(C)(C)OC(=O)NCCC(O)C(O)c1ccccc1C(=O)CC#N. The van der Waals surface area contributed by atoms with Gasteiger partial charge in [0.25, 0.3) is 0 Å². The number of nitriles is 1. The van der Waals surface area contributed by atoms with Crippen LogP contribution < -0.4 is 5.32 Å². The number of hydrogen-bond donors (Lipinski definition) is 3. The quantitative estimate of drug-likeness (QED) is 0.649. The number of nitrogens with one attached hydrogen (secondary N) is 1. The molecule has 0 heterocycles. The molecule has 2 unspecified atom stereocenters. The Labute approximate surface area is 147 Å². The summed E-state index contributed by atoms with van der Waals surface area (Å²) < 4.78 is 5.07. The van der Waals surface area contributed by atoms with Crippen LogP contribution in [0.25, 0.3) is 0 Å². The second-order valence-corrected chi connectivity index (χ2v) is 6.57. The maximum Gasteiger partial charge on any atom is 0.407 e. The Hall–Kier alpha value is -2.43. The first-order chi connectivity index (χ1) is 11.7. The van der Waals surface area contributed by atoms with Crippen molar-refractivity contribution in [2.24, 2.45) is 0 Å². The van der Waals surface area contributed by atoms with Gasteiger partial charge in [-0.05, 0) is 32.8 Å². The number of aliphatic hydroxyl groups excluding tert-OH is 2. The van der Waals surface area contributed by atoms with Gasteiger partial charge >= 0.3 is 6.09 Å². The first-order valence-electron chi connectivity index (χ1n) is 7.97. The molecular formula is C18H24N2O5. The van der Waals surface area contributed by atoms with Crippen LogP contribution in [0.2, 0.25) is 0 Å². The average Bonchev–Trinajstić information content (AvgIpc) is 2.52. The van der Waals surface area contributed by atoms with Crippen molar-refractivity contribution < 1.29 is 24.5 Å². The first kappa shape index (κ1) is 20.6. The molecule has 0 aliphatic rings. The minimum atomic E-state index is -1.31. The third-order valence-corrected chi connectivity index (χ3v) is 3.29.